The van der Waals surface area contributed by atoms with Crippen molar-refractivity contribution in [2.45, 2.75) is 23.9 Å². The molecule has 0 aromatic carbocycles. The number of rotatable bonds is 2. The molecule has 8 heteroatoms. The number of halogens is 1. The zero-order chi connectivity index (χ0) is 13.6. The molecule has 19 heavy (non-hydrogen) atoms. The molecular weight excluding hydrogens is 284 g/mol. The summed E-state index contributed by atoms with van der Waals surface area (Å²) in [6.45, 7) is 3.88. The van der Waals surface area contributed by atoms with Crippen molar-refractivity contribution in [2.24, 2.45) is 7.05 Å². The van der Waals surface area contributed by atoms with E-state index in [-0.39, 0.29) is 0 Å². The third-order valence-corrected chi connectivity index (χ3v) is 4.34. The second-order valence-electron chi connectivity index (χ2n) is 4.15. The molecule has 0 saturated heterocycles. The van der Waals surface area contributed by atoms with E-state index in [0.717, 1.165) is 21.3 Å². The topological polar surface area (TPSA) is 60.9 Å². The maximum absolute atomic E-state index is 6.13. The van der Waals surface area contributed by atoms with Crippen LogP contribution >= 0.6 is 23.4 Å². The average Bonchev–Trinajstić information content (AvgIpc) is 2.92. The molecule has 0 fully saturated rings. The van der Waals surface area contributed by atoms with Gasteiger partial charge in [0, 0.05) is 12.6 Å². The molecule has 6 nitrogen and oxygen atoms in total. The Labute approximate surface area is 118 Å². The largest absolute Gasteiger partial charge is 0.261 e. The van der Waals surface area contributed by atoms with Crippen molar-refractivity contribution in [3.63, 3.8) is 0 Å². The van der Waals surface area contributed by atoms with E-state index in [0.29, 0.717) is 10.9 Å². The Morgan fingerprint density at radius 2 is 2.11 bits per heavy atom. The van der Waals surface area contributed by atoms with Crippen molar-refractivity contribution in [3.8, 4) is 0 Å². The molecule has 0 aliphatic heterocycles. The van der Waals surface area contributed by atoms with Crippen LogP contribution in [0.5, 0.6) is 0 Å². The first-order valence-electron chi connectivity index (χ1n) is 5.60. The molecule has 0 saturated carbocycles. The Morgan fingerprint density at radius 1 is 1.32 bits per heavy atom. The summed E-state index contributed by atoms with van der Waals surface area (Å²) in [5.74, 6) is 0.497. The first kappa shape index (κ1) is 12.4. The van der Waals surface area contributed by atoms with Gasteiger partial charge in [-0.3, -0.25) is 4.68 Å². The van der Waals surface area contributed by atoms with Crippen LogP contribution < -0.4 is 0 Å². The first-order valence-corrected chi connectivity index (χ1v) is 6.80. The molecule has 0 aliphatic rings. The van der Waals surface area contributed by atoms with Crippen molar-refractivity contribution in [2.75, 3.05) is 0 Å². The standard InChI is InChI=1S/C11H11ClN6S/c1-6-4-8(17(3)16-6)19-10-7(2)9(12)15-11-13-5-14-18(10)11/h4-5H,1-3H3. The SMILES string of the molecule is Cc1cc(Sc2c(C)c(Cl)nc3ncnn23)n(C)n1. The summed E-state index contributed by atoms with van der Waals surface area (Å²) in [6, 6.07) is 2.02. The molecule has 0 unspecified atom stereocenters. The molecule has 0 amide bonds. The monoisotopic (exact) mass is 294 g/mol. The molecular formula is C11H11ClN6S. The molecule has 0 spiro atoms. The molecule has 0 bridgehead atoms. The van der Waals surface area contributed by atoms with E-state index in [2.05, 4.69) is 20.2 Å². The van der Waals surface area contributed by atoms with Gasteiger partial charge in [-0.2, -0.15) is 24.7 Å². The number of aryl methyl sites for hydroxylation is 2. The van der Waals surface area contributed by atoms with Gasteiger partial charge in [0.2, 0.25) is 0 Å². The van der Waals surface area contributed by atoms with E-state index >= 15 is 0 Å². The molecule has 0 aliphatic carbocycles. The molecule has 3 aromatic rings. The second kappa shape index (κ2) is 4.50. The van der Waals surface area contributed by atoms with Gasteiger partial charge in [-0.15, -0.1) is 0 Å². The fourth-order valence-electron chi connectivity index (χ4n) is 1.77. The number of hydrogen-bond donors (Lipinski definition) is 0. The summed E-state index contributed by atoms with van der Waals surface area (Å²) in [6.07, 6.45) is 1.47. The van der Waals surface area contributed by atoms with Gasteiger partial charge in [0.05, 0.1) is 5.69 Å². The fourth-order valence-corrected chi connectivity index (χ4v) is 3.06. The third kappa shape index (κ3) is 2.08. The van der Waals surface area contributed by atoms with Crippen molar-refractivity contribution in [3.05, 3.63) is 28.8 Å². The van der Waals surface area contributed by atoms with Crippen LogP contribution in [0.15, 0.2) is 22.4 Å². The van der Waals surface area contributed by atoms with Crippen molar-refractivity contribution >= 4 is 29.1 Å². The number of aromatic nitrogens is 6. The van der Waals surface area contributed by atoms with Gasteiger partial charge in [-0.25, -0.2) is 0 Å². The minimum Gasteiger partial charge on any atom is -0.261 e. The van der Waals surface area contributed by atoms with E-state index in [1.54, 1.807) is 16.3 Å². The Morgan fingerprint density at radius 3 is 2.79 bits per heavy atom. The van der Waals surface area contributed by atoms with Gasteiger partial charge in [-0.05, 0) is 31.7 Å². The molecule has 0 radical (unpaired) electrons. The van der Waals surface area contributed by atoms with Crippen LogP contribution in [-0.2, 0) is 7.05 Å². The minimum atomic E-state index is 0.446. The lowest BCUT2D eigenvalue weighted by molar-refractivity contribution is 0.690. The quantitative estimate of drug-likeness (QED) is 0.679. The predicted octanol–water partition coefficient (Wildman–Crippen LogP) is 2.28. The van der Waals surface area contributed by atoms with Gasteiger partial charge in [0.25, 0.3) is 5.78 Å². The smallest absolute Gasteiger partial charge is 0.254 e. The molecule has 3 heterocycles. The van der Waals surface area contributed by atoms with Gasteiger partial charge in [-0.1, -0.05) is 11.6 Å². The van der Waals surface area contributed by atoms with Crippen LogP contribution in [-0.4, -0.2) is 29.4 Å². The summed E-state index contributed by atoms with van der Waals surface area (Å²) >= 11 is 7.68. The fraction of sp³-hybridized carbons (Fsp3) is 0.273. The second-order valence-corrected chi connectivity index (χ2v) is 5.52. The van der Waals surface area contributed by atoms with Crippen molar-refractivity contribution in [1.29, 1.82) is 0 Å². The van der Waals surface area contributed by atoms with Gasteiger partial charge in [0.1, 0.15) is 21.5 Å². The molecule has 98 valence electrons. The molecule has 0 N–H and O–H groups in total. The third-order valence-electron chi connectivity index (χ3n) is 2.71. The summed E-state index contributed by atoms with van der Waals surface area (Å²) in [5.41, 5.74) is 1.85. The molecule has 3 rings (SSSR count). The summed E-state index contributed by atoms with van der Waals surface area (Å²) in [5, 5.41) is 10.9. The van der Waals surface area contributed by atoms with Gasteiger partial charge >= 0.3 is 0 Å². The Hall–Kier alpha value is -1.60. The highest BCUT2D eigenvalue weighted by Gasteiger charge is 2.15. The Bertz CT molecular complexity index is 762. The number of fused-ring (bicyclic) bond motifs is 1. The Kier molecular flexibility index (Phi) is 2.94. The number of nitrogens with zero attached hydrogens (tertiary/aromatic N) is 6. The first-order chi connectivity index (χ1) is 9.06. The number of hydrogen-bond acceptors (Lipinski definition) is 5. The predicted molar refractivity (Wildman–Crippen MR) is 72.6 cm³/mol. The van der Waals surface area contributed by atoms with E-state index in [1.807, 2.05) is 31.6 Å². The maximum atomic E-state index is 6.13. The van der Waals surface area contributed by atoms with Crippen LogP contribution in [0.4, 0.5) is 0 Å². The lowest BCUT2D eigenvalue weighted by Crippen LogP contribution is -2.01. The molecule has 0 atom stereocenters. The zero-order valence-electron chi connectivity index (χ0n) is 10.6. The zero-order valence-corrected chi connectivity index (χ0v) is 12.2. The van der Waals surface area contributed by atoms with Crippen LogP contribution in [0.1, 0.15) is 11.3 Å². The van der Waals surface area contributed by atoms with Crippen LogP contribution in [0.25, 0.3) is 5.78 Å². The van der Waals surface area contributed by atoms with Gasteiger partial charge in [0.15, 0.2) is 0 Å². The highest BCUT2D eigenvalue weighted by Crippen LogP contribution is 2.32. The highest BCUT2D eigenvalue weighted by atomic mass is 35.5. The normalized spacial score (nSPS) is 11.4. The minimum absolute atomic E-state index is 0.446. The average molecular weight is 295 g/mol. The van der Waals surface area contributed by atoms with Crippen LogP contribution in [0.2, 0.25) is 5.15 Å². The highest BCUT2D eigenvalue weighted by molar-refractivity contribution is 7.99. The van der Waals surface area contributed by atoms with Crippen molar-refractivity contribution in [1.82, 2.24) is 29.4 Å². The summed E-state index contributed by atoms with van der Waals surface area (Å²) in [4.78, 5) is 8.26. The van der Waals surface area contributed by atoms with Crippen LogP contribution in [0.3, 0.4) is 0 Å². The lowest BCUT2D eigenvalue weighted by atomic mass is 10.4. The Balaban J connectivity index is 2.16. The van der Waals surface area contributed by atoms with E-state index in [1.165, 1.54) is 6.33 Å². The molecule has 3 aromatic heterocycles. The van der Waals surface area contributed by atoms with E-state index in [4.69, 9.17) is 11.6 Å². The van der Waals surface area contributed by atoms with Gasteiger partial charge < -0.3 is 0 Å². The van der Waals surface area contributed by atoms with Crippen LogP contribution in [0, 0.1) is 13.8 Å². The maximum Gasteiger partial charge on any atom is 0.254 e. The lowest BCUT2D eigenvalue weighted by Gasteiger charge is -2.08. The summed E-state index contributed by atoms with van der Waals surface area (Å²) in [7, 11) is 1.91. The summed E-state index contributed by atoms with van der Waals surface area (Å²) < 4.78 is 3.52. The van der Waals surface area contributed by atoms with E-state index in [9.17, 15) is 0 Å². The van der Waals surface area contributed by atoms with Crippen molar-refractivity contribution < 1.29 is 0 Å². The van der Waals surface area contributed by atoms with E-state index < -0.39 is 0 Å².